The third kappa shape index (κ3) is 2.63. The van der Waals surface area contributed by atoms with Crippen molar-refractivity contribution in [3.63, 3.8) is 0 Å². The minimum atomic E-state index is -0.193. The highest BCUT2D eigenvalue weighted by atomic mass is 16.5. The van der Waals surface area contributed by atoms with E-state index >= 15 is 0 Å². The van der Waals surface area contributed by atoms with Gasteiger partial charge in [-0.05, 0) is 39.0 Å². The number of benzene rings is 1. The predicted octanol–water partition coefficient (Wildman–Crippen LogP) is 2.73. The van der Waals surface area contributed by atoms with E-state index in [9.17, 15) is 9.59 Å². The lowest BCUT2D eigenvalue weighted by Crippen LogP contribution is -2.42. The van der Waals surface area contributed by atoms with E-state index in [0.29, 0.717) is 17.0 Å². The van der Waals surface area contributed by atoms with E-state index < -0.39 is 0 Å². The summed E-state index contributed by atoms with van der Waals surface area (Å²) < 4.78 is 7.51. The quantitative estimate of drug-likeness (QED) is 0.816. The molecular formula is C18H20N2O3. The number of para-hydroxylation sites is 2. The molecule has 0 N–H and O–H groups in total. The number of aryl methyl sites for hydroxylation is 1. The molecule has 0 fully saturated rings. The number of Topliss-reactive ketones (excluding diaryl/α,β-unsaturated/α-hetero) is 1. The molecule has 5 heteroatoms. The number of hydrogen-bond donors (Lipinski definition) is 0. The van der Waals surface area contributed by atoms with Gasteiger partial charge in [-0.2, -0.15) is 0 Å². The van der Waals surface area contributed by atoms with Crippen LogP contribution in [0, 0.1) is 13.8 Å². The minimum absolute atomic E-state index is 0.0295. The number of hydrogen-bond acceptors (Lipinski definition) is 3. The standard InChI is InChI=1S/C18H20N2O3/c1-4-19-12(2)9-14(13(19)3)16(21)10-20-15-7-5-6-8-17(15)23-11-18(20)22/h5-9H,4,10-11H2,1-3H3. The molecule has 1 aliphatic rings. The Morgan fingerprint density at radius 3 is 2.70 bits per heavy atom. The van der Waals surface area contributed by atoms with E-state index in [-0.39, 0.29) is 24.8 Å². The smallest absolute Gasteiger partial charge is 0.265 e. The molecule has 3 rings (SSSR count). The van der Waals surface area contributed by atoms with Gasteiger partial charge >= 0.3 is 0 Å². The number of aromatic nitrogens is 1. The van der Waals surface area contributed by atoms with Crippen molar-refractivity contribution in [2.45, 2.75) is 27.3 Å². The van der Waals surface area contributed by atoms with Crippen LogP contribution < -0.4 is 9.64 Å². The van der Waals surface area contributed by atoms with Crippen molar-refractivity contribution in [2.24, 2.45) is 0 Å². The second-order valence-electron chi connectivity index (χ2n) is 5.69. The zero-order valence-electron chi connectivity index (χ0n) is 13.6. The summed E-state index contributed by atoms with van der Waals surface area (Å²) in [6, 6.07) is 9.19. The van der Waals surface area contributed by atoms with E-state index in [1.165, 1.54) is 4.90 Å². The lowest BCUT2D eigenvalue weighted by molar-refractivity contribution is -0.121. The fourth-order valence-corrected chi connectivity index (χ4v) is 3.13. The first kappa shape index (κ1) is 15.3. The van der Waals surface area contributed by atoms with E-state index in [1.807, 2.05) is 38.1 Å². The molecule has 23 heavy (non-hydrogen) atoms. The fraction of sp³-hybridized carbons (Fsp3) is 0.333. The van der Waals surface area contributed by atoms with Crippen LogP contribution in [0.2, 0.25) is 0 Å². The Balaban J connectivity index is 1.90. The molecule has 120 valence electrons. The summed E-state index contributed by atoms with van der Waals surface area (Å²) in [6.07, 6.45) is 0. The van der Waals surface area contributed by atoms with Crippen molar-refractivity contribution >= 4 is 17.4 Å². The van der Waals surface area contributed by atoms with Gasteiger partial charge in [-0.1, -0.05) is 12.1 Å². The van der Waals surface area contributed by atoms with Crippen LogP contribution in [0.1, 0.15) is 28.7 Å². The van der Waals surface area contributed by atoms with Gasteiger partial charge in [0.2, 0.25) is 0 Å². The number of ketones is 1. The van der Waals surface area contributed by atoms with Gasteiger partial charge in [0.25, 0.3) is 5.91 Å². The number of ether oxygens (including phenoxy) is 1. The average molecular weight is 312 g/mol. The van der Waals surface area contributed by atoms with E-state index in [1.54, 1.807) is 6.07 Å². The second kappa shape index (κ2) is 5.91. The summed E-state index contributed by atoms with van der Waals surface area (Å²) in [4.78, 5) is 26.4. The predicted molar refractivity (Wildman–Crippen MR) is 88.2 cm³/mol. The van der Waals surface area contributed by atoms with E-state index in [0.717, 1.165) is 17.9 Å². The van der Waals surface area contributed by atoms with Gasteiger partial charge in [-0.15, -0.1) is 0 Å². The van der Waals surface area contributed by atoms with Crippen LogP contribution >= 0.6 is 0 Å². The first-order chi connectivity index (χ1) is 11.0. The molecule has 0 unspecified atom stereocenters. The van der Waals surface area contributed by atoms with Crippen LogP contribution in [0.5, 0.6) is 5.75 Å². The highest BCUT2D eigenvalue weighted by Gasteiger charge is 2.28. The SMILES string of the molecule is CCn1c(C)cc(C(=O)CN2C(=O)COc3ccccc32)c1C. The molecule has 0 bridgehead atoms. The number of carbonyl (C=O) groups excluding carboxylic acids is 2. The van der Waals surface area contributed by atoms with Crippen molar-refractivity contribution < 1.29 is 14.3 Å². The number of fused-ring (bicyclic) bond motifs is 1. The van der Waals surface area contributed by atoms with Crippen molar-refractivity contribution in [1.82, 2.24) is 4.57 Å². The Kier molecular flexibility index (Phi) is 3.94. The molecule has 1 aromatic heterocycles. The molecular weight excluding hydrogens is 292 g/mol. The van der Waals surface area contributed by atoms with Crippen LogP contribution in [-0.2, 0) is 11.3 Å². The maximum absolute atomic E-state index is 12.7. The van der Waals surface area contributed by atoms with Gasteiger partial charge in [-0.3, -0.25) is 14.5 Å². The van der Waals surface area contributed by atoms with Gasteiger partial charge < -0.3 is 9.30 Å². The first-order valence-corrected chi connectivity index (χ1v) is 7.75. The van der Waals surface area contributed by atoms with Crippen molar-refractivity contribution in [3.8, 4) is 5.75 Å². The highest BCUT2D eigenvalue weighted by molar-refractivity contribution is 6.07. The number of carbonyl (C=O) groups is 2. The van der Waals surface area contributed by atoms with Crippen LogP contribution in [-0.4, -0.2) is 29.4 Å². The number of anilines is 1. The number of rotatable bonds is 4. The van der Waals surface area contributed by atoms with Crippen molar-refractivity contribution in [3.05, 3.63) is 47.3 Å². The lowest BCUT2D eigenvalue weighted by Gasteiger charge is -2.28. The molecule has 0 aliphatic carbocycles. The molecule has 5 nitrogen and oxygen atoms in total. The Hall–Kier alpha value is -2.56. The zero-order valence-corrected chi connectivity index (χ0v) is 13.6. The average Bonchev–Trinajstić information content (AvgIpc) is 2.84. The molecule has 1 aromatic carbocycles. The summed E-state index contributed by atoms with van der Waals surface area (Å²) in [6.45, 7) is 6.81. The maximum Gasteiger partial charge on any atom is 0.265 e. The summed E-state index contributed by atoms with van der Waals surface area (Å²) in [5.41, 5.74) is 3.34. The Labute approximate surface area is 135 Å². The topological polar surface area (TPSA) is 51.5 Å². The third-order valence-corrected chi connectivity index (χ3v) is 4.30. The number of nitrogens with zero attached hydrogens (tertiary/aromatic N) is 2. The lowest BCUT2D eigenvalue weighted by atomic mass is 10.1. The summed E-state index contributed by atoms with van der Waals surface area (Å²) in [7, 11) is 0. The van der Waals surface area contributed by atoms with Crippen LogP contribution in [0.3, 0.4) is 0 Å². The van der Waals surface area contributed by atoms with E-state index in [4.69, 9.17) is 4.74 Å². The monoisotopic (exact) mass is 312 g/mol. The fourth-order valence-electron chi connectivity index (χ4n) is 3.13. The summed E-state index contributed by atoms with van der Waals surface area (Å²) in [5, 5.41) is 0. The maximum atomic E-state index is 12.7. The molecule has 1 aliphatic heterocycles. The van der Waals surface area contributed by atoms with Crippen molar-refractivity contribution in [1.29, 1.82) is 0 Å². The molecule has 0 radical (unpaired) electrons. The van der Waals surface area contributed by atoms with Crippen LogP contribution in [0.4, 0.5) is 5.69 Å². The summed E-state index contributed by atoms with van der Waals surface area (Å²) >= 11 is 0. The van der Waals surface area contributed by atoms with Crippen LogP contribution in [0.25, 0.3) is 0 Å². The van der Waals surface area contributed by atoms with Gasteiger partial charge in [0.05, 0.1) is 12.2 Å². The molecule has 0 atom stereocenters. The largest absolute Gasteiger partial charge is 0.482 e. The summed E-state index contributed by atoms with van der Waals surface area (Å²) in [5.74, 6) is 0.392. The van der Waals surface area contributed by atoms with Gasteiger partial charge in [0, 0.05) is 23.5 Å². The molecule has 1 amide bonds. The Bertz CT molecular complexity index is 777. The Morgan fingerprint density at radius 2 is 2.00 bits per heavy atom. The normalized spacial score (nSPS) is 13.7. The highest BCUT2D eigenvalue weighted by Crippen LogP contribution is 2.31. The second-order valence-corrected chi connectivity index (χ2v) is 5.69. The van der Waals surface area contributed by atoms with Gasteiger partial charge in [0.1, 0.15) is 5.75 Å². The Morgan fingerprint density at radius 1 is 1.26 bits per heavy atom. The van der Waals surface area contributed by atoms with E-state index in [2.05, 4.69) is 11.5 Å². The first-order valence-electron chi connectivity index (χ1n) is 7.75. The molecule has 0 spiro atoms. The van der Waals surface area contributed by atoms with Gasteiger partial charge in [0.15, 0.2) is 12.4 Å². The zero-order chi connectivity index (χ0) is 16.6. The molecule has 0 saturated heterocycles. The molecule has 2 aromatic rings. The van der Waals surface area contributed by atoms with Gasteiger partial charge in [-0.25, -0.2) is 0 Å². The van der Waals surface area contributed by atoms with Crippen molar-refractivity contribution in [2.75, 3.05) is 18.1 Å². The third-order valence-electron chi connectivity index (χ3n) is 4.30. The molecule has 0 saturated carbocycles. The number of amides is 1. The van der Waals surface area contributed by atoms with Crippen LogP contribution in [0.15, 0.2) is 30.3 Å². The minimum Gasteiger partial charge on any atom is -0.482 e. The molecule has 2 heterocycles.